The van der Waals surface area contributed by atoms with Crippen molar-refractivity contribution in [1.29, 1.82) is 0 Å². The summed E-state index contributed by atoms with van der Waals surface area (Å²) >= 11 is 0. The van der Waals surface area contributed by atoms with Gasteiger partial charge in [-0.2, -0.15) is 0 Å². The predicted molar refractivity (Wildman–Crippen MR) is 81.0 cm³/mol. The van der Waals surface area contributed by atoms with Crippen molar-refractivity contribution >= 4 is 0 Å². The topological polar surface area (TPSA) is 70.5 Å². The van der Waals surface area contributed by atoms with Crippen molar-refractivity contribution in [2.45, 2.75) is 0 Å². The Kier molecular flexibility index (Phi) is 5.41. The maximum atomic E-state index is 5.54. The SMILES string of the molecule is NCCOc1cccc(-c2cccc(OCCN)c2)c1. The number of benzene rings is 2. The summed E-state index contributed by atoms with van der Waals surface area (Å²) in [6.45, 7) is 2.05. The molecule has 0 radical (unpaired) electrons. The zero-order valence-corrected chi connectivity index (χ0v) is 11.4. The molecule has 2 aromatic carbocycles. The fourth-order valence-corrected chi connectivity index (χ4v) is 1.88. The van der Waals surface area contributed by atoms with E-state index in [9.17, 15) is 0 Å². The van der Waals surface area contributed by atoms with Crippen LogP contribution in [0.1, 0.15) is 0 Å². The zero-order chi connectivity index (χ0) is 14.2. The minimum atomic E-state index is 0.507. The molecule has 0 aliphatic rings. The highest BCUT2D eigenvalue weighted by atomic mass is 16.5. The van der Waals surface area contributed by atoms with E-state index >= 15 is 0 Å². The Hall–Kier alpha value is -2.04. The van der Waals surface area contributed by atoms with E-state index in [0.717, 1.165) is 22.6 Å². The fourth-order valence-electron chi connectivity index (χ4n) is 1.88. The van der Waals surface area contributed by atoms with Gasteiger partial charge in [0.05, 0.1) is 0 Å². The first-order valence-electron chi connectivity index (χ1n) is 6.69. The summed E-state index contributed by atoms with van der Waals surface area (Å²) in [6, 6.07) is 15.9. The van der Waals surface area contributed by atoms with E-state index in [2.05, 4.69) is 0 Å². The molecule has 0 unspecified atom stereocenters. The van der Waals surface area contributed by atoms with Crippen LogP contribution in [0.5, 0.6) is 11.5 Å². The molecule has 2 rings (SSSR count). The van der Waals surface area contributed by atoms with Crippen LogP contribution < -0.4 is 20.9 Å². The molecule has 0 bridgehead atoms. The van der Waals surface area contributed by atoms with Gasteiger partial charge in [0.2, 0.25) is 0 Å². The number of hydrogen-bond donors (Lipinski definition) is 2. The van der Waals surface area contributed by atoms with Crippen LogP contribution in [0, 0.1) is 0 Å². The molecular weight excluding hydrogens is 252 g/mol. The number of ether oxygens (including phenoxy) is 2. The van der Waals surface area contributed by atoms with Gasteiger partial charge in [-0.15, -0.1) is 0 Å². The van der Waals surface area contributed by atoms with Gasteiger partial charge in [-0.3, -0.25) is 0 Å². The molecule has 4 N–H and O–H groups in total. The molecular formula is C16H20N2O2. The van der Waals surface area contributed by atoms with Crippen LogP contribution >= 0.6 is 0 Å². The minimum absolute atomic E-state index is 0.507. The van der Waals surface area contributed by atoms with E-state index in [1.54, 1.807) is 0 Å². The quantitative estimate of drug-likeness (QED) is 0.809. The molecule has 0 saturated heterocycles. The summed E-state index contributed by atoms with van der Waals surface area (Å²) in [5, 5.41) is 0. The van der Waals surface area contributed by atoms with Gasteiger partial charge >= 0.3 is 0 Å². The van der Waals surface area contributed by atoms with Crippen molar-refractivity contribution < 1.29 is 9.47 Å². The lowest BCUT2D eigenvalue weighted by Gasteiger charge is -2.09. The lowest BCUT2D eigenvalue weighted by atomic mass is 10.1. The summed E-state index contributed by atoms with van der Waals surface area (Å²) in [5.41, 5.74) is 13.0. The van der Waals surface area contributed by atoms with Gasteiger partial charge in [-0.25, -0.2) is 0 Å². The lowest BCUT2D eigenvalue weighted by molar-refractivity contribution is 0.328. The molecule has 2 aromatic rings. The summed E-state index contributed by atoms with van der Waals surface area (Å²) in [7, 11) is 0. The van der Waals surface area contributed by atoms with Crippen LogP contribution in [0.2, 0.25) is 0 Å². The largest absolute Gasteiger partial charge is 0.492 e. The van der Waals surface area contributed by atoms with Crippen molar-refractivity contribution in [2.75, 3.05) is 26.3 Å². The Morgan fingerprint density at radius 3 is 1.55 bits per heavy atom. The molecule has 4 heteroatoms. The molecule has 106 valence electrons. The second-order valence-corrected chi connectivity index (χ2v) is 4.33. The Morgan fingerprint density at radius 2 is 1.15 bits per heavy atom. The summed E-state index contributed by atoms with van der Waals surface area (Å²) in [4.78, 5) is 0. The molecule has 20 heavy (non-hydrogen) atoms. The Morgan fingerprint density at radius 1 is 0.700 bits per heavy atom. The van der Waals surface area contributed by atoms with E-state index in [1.165, 1.54) is 0 Å². The predicted octanol–water partition coefficient (Wildman–Crippen LogP) is 2.03. The Balaban J connectivity index is 2.17. The normalized spacial score (nSPS) is 10.3. The van der Waals surface area contributed by atoms with Crippen LogP contribution in [0.3, 0.4) is 0 Å². The molecule has 0 aliphatic carbocycles. The van der Waals surface area contributed by atoms with Crippen molar-refractivity contribution in [1.82, 2.24) is 0 Å². The zero-order valence-electron chi connectivity index (χ0n) is 11.4. The van der Waals surface area contributed by atoms with Crippen LogP contribution in [-0.2, 0) is 0 Å². The molecule has 0 saturated carbocycles. The molecule has 0 spiro atoms. The van der Waals surface area contributed by atoms with Crippen molar-refractivity contribution in [2.24, 2.45) is 11.5 Å². The van der Waals surface area contributed by atoms with E-state index in [1.807, 2.05) is 48.5 Å². The molecule has 0 aromatic heterocycles. The fraction of sp³-hybridized carbons (Fsp3) is 0.250. The number of rotatable bonds is 7. The second kappa shape index (κ2) is 7.53. The van der Waals surface area contributed by atoms with Crippen LogP contribution in [-0.4, -0.2) is 26.3 Å². The van der Waals surface area contributed by atoms with E-state index < -0.39 is 0 Å². The third kappa shape index (κ3) is 3.98. The van der Waals surface area contributed by atoms with Gasteiger partial charge < -0.3 is 20.9 Å². The summed E-state index contributed by atoms with van der Waals surface area (Å²) < 4.78 is 11.1. The average molecular weight is 272 g/mol. The third-order valence-electron chi connectivity index (χ3n) is 2.77. The minimum Gasteiger partial charge on any atom is -0.492 e. The van der Waals surface area contributed by atoms with Gasteiger partial charge in [0.15, 0.2) is 0 Å². The van der Waals surface area contributed by atoms with Gasteiger partial charge in [-0.1, -0.05) is 24.3 Å². The maximum Gasteiger partial charge on any atom is 0.119 e. The highest BCUT2D eigenvalue weighted by Gasteiger charge is 2.02. The Bertz CT molecular complexity index is 494. The van der Waals surface area contributed by atoms with Gasteiger partial charge in [0.25, 0.3) is 0 Å². The Labute approximate surface area is 119 Å². The maximum absolute atomic E-state index is 5.54. The first-order chi connectivity index (χ1) is 9.83. The van der Waals surface area contributed by atoms with Crippen molar-refractivity contribution in [3.8, 4) is 22.6 Å². The van der Waals surface area contributed by atoms with Crippen LogP contribution in [0.25, 0.3) is 11.1 Å². The molecule has 0 aliphatic heterocycles. The van der Waals surface area contributed by atoms with E-state index in [4.69, 9.17) is 20.9 Å². The lowest BCUT2D eigenvalue weighted by Crippen LogP contribution is -2.10. The smallest absolute Gasteiger partial charge is 0.119 e. The van der Waals surface area contributed by atoms with Gasteiger partial charge in [-0.05, 0) is 35.4 Å². The average Bonchev–Trinajstić information content (AvgIpc) is 2.51. The van der Waals surface area contributed by atoms with E-state index in [0.29, 0.717) is 26.3 Å². The van der Waals surface area contributed by atoms with Crippen LogP contribution in [0.15, 0.2) is 48.5 Å². The molecule has 0 amide bonds. The third-order valence-corrected chi connectivity index (χ3v) is 2.77. The molecule has 0 atom stereocenters. The molecule has 0 fully saturated rings. The number of hydrogen-bond acceptors (Lipinski definition) is 4. The highest BCUT2D eigenvalue weighted by Crippen LogP contribution is 2.26. The van der Waals surface area contributed by atoms with E-state index in [-0.39, 0.29) is 0 Å². The summed E-state index contributed by atoms with van der Waals surface area (Å²) in [5.74, 6) is 1.64. The van der Waals surface area contributed by atoms with Gasteiger partial charge in [0.1, 0.15) is 24.7 Å². The first-order valence-corrected chi connectivity index (χ1v) is 6.69. The number of nitrogens with two attached hydrogens (primary N) is 2. The van der Waals surface area contributed by atoms with Crippen molar-refractivity contribution in [3.05, 3.63) is 48.5 Å². The molecule has 4 nitrogen and oxygen atoms in total. The first kappa shape index (κ1) is 14.4. The van der Waals surface area contributed by atoms with Crippen LogP contribution in [0.4, 0.5) is 0 Å². The standard InChI is InChI=1S/C16H20N2O2/c17-7-9-19-15-5-1-3-13(11-15)14-4-2-6-16(12-14)20-10-8-18/h1-6,11-12H,7-10,17-18H2. The van der Waals surface area contributed by atoms with Gasteiger partial charge in [0, 0.05) is 13.1 Å². The second-order valence-electron chi connectivity index (χ2n) is 4.33. The van der Waals surface area contributed by atoms with Crippen molar-refractivity contribution in [3.63, 3.8) is 0 Å². The molecule has 0 heterocycles. The monoisotopic (exact) mass is 272 g/mol. The summed E-state index contributed by atoms with van der Waals surface area (Å²) in [6.07, 6.45) is 0. The highest BCUT2D eigenvalue weighted by molar-refractivity contribution is 5.66.